The lowest BCUT2D eigenvalue weighted by Gasteiger charge is -2.09. The van der Waals surface area contributed by atoms with Crippen LogP contribution in [0.4, 0.5) is 0 Å². The molecule has 0 amide bonds. The number of nitrogens with two attached hydrogens (primary N) is 1. The number of rotatable bonds is 1. The lowest BCUT2D eigenvalue weighted by atomic mass is 10.0. The van der Waals surface area contributed by atoms with Crippen LogP contribution in [0.2, 0.25) is 0 Å². The minimum atomic E-state index is -0.159. The SMILES string of the molecule is Cc1nnc(C)c2c(O)c(C(=N)N)ccc12. The quantitative estimate of drug-likeness (QED) is 0.493. The fourth-order valence-corrected chi connectivity index (χ4v) is 1.73. The van der Waals surface area contributed by atoms with E-state index in [2.05, 4.69) is 10.2 Å². The van der Waals surface area contributed by atoms with Crippen molar-refractivity contribution in [3.8, 4) is 5.75 Å². The van der Waals surface area contributed by atoms with E-state index in [9.17, 15) is 5.11 Å². The van der Waals surface area contributed by atoms with Crippen molar-refractivity contribution in [3.05, 3.63) is 29.1 Å². The predicted molar refractivity (Wildman–Crippen MR) is 61.7 cm³/mol. The van der Waals surface area contributed by atoms with Gasteiger partial charge in [0.25, 0.3) is 0 Å². The summed E-state index contributed by atoms with van der Waals surface area (Å²) in [7, 11) is 0. The molecule has 0 atom stereocenters. The minimum absolute atomic E-state index is 0.000463. The maximum atomic E-state index is 10.0. The Bertz CT molecular complexity index is 592. The van der Waals surface area contributed by atoms with E-state index in [1.165, 1.54) is 0 Å². The second-order valence-corrected chi connectivity index (χ2v) is 3.67. The first-order chi connectivity index (χ1) is 7.52. The van der Waals surface area contributed by atoms with E-state index in [4.69, 9.17) is 11.1 Å². The molecule has 1 aromatic heterocycles. The van der Waals surface area contributed by atoms with Crippen LogP contribution < -0.4 is 5.73 Å². The van der Waals surface area contributed by atoms with Gasteiger partial charge in [-0.15, -0.1) is 0 Å². The van der Waals surface area contributed by atoms with Crippen molar-refractivity contribution in [3.63, 3.8) is 0 Å². The largest absolute Gasteiger partial charge is 0.506 e. The van der Waals surface area contributed by atoms with E-state index in [-0.39, 0.29) is 11.6 Å². The molecule has 5 nitrogen and oxygen atoms in total. The molecular formula is C11H12N4O. The topological polar surface area (TPSA) is 95.9 Å². The van der Waals surface area contributed by atoms with Crippen LogP contribution in [0.1, 0.15) is 17.0 Å². The van der Waals surface area contributed by atoms with Crippen molar-refractivity contribution >= 4 is 16.6 Å². The molecule has 0 unspecified atom stereocenters. The highest BCUT2D eigenvalue weighted by Gasteiger charge is 2.13. The Morgan fingerprint density at radius 1 is 1.25 bits per heavy atom. The number of nitrogens with zero attached hydrogens (tertiary/aromatic N) is 2. The average Bonchev–Trinajstić information content (AvgIpc) is 2.23. The highest BCUT2D eigenvalue weighted by atomic mass is 16.3. The molecule has 0 spiro atoms. The molecule has 0 saturated carbocycles. The second kappa shape index (κ2) is 3.44. The molecule has 4 N–H and O–H groups in total. The molecule has 0 fully saturated rings. The van der Waals surface area contributed by atoms with E-state index in [1.54, 1.807) is 19.1 Å². The number of benzene rings is 1. The molecule has 0 aliphatic carbocycles. The number of amidine groups is 1. The van der Waals surface area contributed by atoms with Crippen molar-refractivity contribution in [1.82, 2.24) is 10.2 Å². The highest BCUT2D eigenvalue weighted by molar-refractivity contribution is 6.04. The molecule has 0 saturated heterocycles. The van der Waals surface area contributed by atoms with Crippen LogP contribution in [0, 0.1) is 19.3 Å². The van der Waals surface area contributed by atoms with E-state index < -0.39 is 0 Å². The number of phenols is 1. The summed E-state index contributed by atoms with van der Waals surface area (Å²) in [5, 5.41) is 26.8. The van der Waals surface area contributed by atoms with Gasteiger partial charge >= 0.3 is 0 Å². The number of fused-ring (bicyclic) bond motifs is 1. The second-order valence-electron chi connectivity index (χ2n) is 3.67. The van der Waals surface area contributed by atoms with E-state index >= 15 is 0 Å². The number of aromatic nitrogens is 2. The number of nitrogen functional groups attached to an aromatic ring is 1. The lowest BCUT2D eigenvalue weighted by molar-refractivity contribution is 0.480. The number of hydrogen-bond acceptors (Lipinski definition) is 4. The Hall–Kier alpha value is -2.17. The van der Waals surface area contributed by atoms with Crippen molar-refractivity contribution in [1.29, 1.82) is 5.41 Å². The summed E-state index contributed by atoms with van der Waals surface area (Å²) in [4.78, 5) is 0. The molecule has 0 radical (unpaired) electrons. The van der Waals surface area contributed by atoms with Crippen molar-refractivity contribution in [2.45, 2.75) is 13.8 Å². The van der Waals surface area contributed by atoms with Crippen LogP contribution in [0.15, 0.2) is 12.1 Å². The molecule has 16 heavy (non-hydrogen) atoms. The minimum Gasteiger partial charge on any atom is -0.506 e. The Kier molecular flexibility index (Phi) is 2.23. The van der Waals surface area contributed by atoms with Gasteiger partial charge in [-0.3, -0.25) is 5.41 Å². The number of aromatic hydroxyl groups is 1. The zero-order valence-electron chi connectivity index (χ0n) is 9.07. The lowest BCUT2D eigenvalue weighted by Crippen LogP contribution is -2.11. The molecule has 1 aromatic carbocycles. The maximum Gasteiger partial charge on any atom is 0.136 e. The average molecular weight is 216 g/mol. The zero-order valence-corrected chi connectivity index (χ0v) is 9.07. The van der Waals surface area contributed by atoms with Gasteiger partial charge in [-0.1, -0.05) is 6.07 Å². The summed E-state index contributed by atoms with van der Waals surface area (Å²) < 4.78 is 0. The third-order valence-electron chi connectivity index (χ3n) is 2.57. The summed E-state index contributed by atoms with van der Waals surface area (Å²) in [6.45, 7) is 3.58. The monoisotopic (exact) mass is 216 g/mol. The molecule has 1 heterocycles. The molecule has 2 aromatic rings. The third-order valence-corrected chi connectivity index (χ3v) is 2.57. The van der Waals surface area contributed by atoms with Crippen LogP contribution in [0.5, 0.6) is 5.75 Å². The number of aryl methyl sites for hydroxylation is 2. The van der Waals surface area contributed by atoms with Crippen LogP contribution in [0.25, 0.3) is 10.8 Å². The van der Waals surface area contributed by atoms with Gasteiger partial charge in [-0.25, -0.2) is 0 Å². The predicted octanol–water partition coefficient (Wildman–Crippen LogP) is 1.24. The molecule has 5 heteroatoms. The number of nitrogens with one attached hydrogen (secondary N) is 1. The normalized spacial score (nSPS) is 10.6. The van der Waals surface area contributed by atoms with Gasteiger partial charge in [0.05, 0.1) is 17.0 Å². The Morgan fingerprint density at radius 3 is 2.50 bits per heavy atom. The maximum absolute atomic E-state index is 10.0. The Balaban J connectivity index is 2.94. The van der Waals surface area contributed by atoms with Gasteiger partial charge in [-0.2, -0.15) is 10.2 Å². The first kappa shape index (κ1) is 10.4. The van der Waals surface area contributed by atoms with Gasteiger partial charge in [0.2, 0.25) is 0 Å². The van der Waals surface area contributed by atoms with Crippen molar-refractivity contribution < 1.29 is 5.11 Å². The van der Waals surface area contributed by atoms with E-state index in [0.29, 0.717) is 16.6 Å². The smallest absolute Gasteiger partial charge is 0.136 e. The Morgan fingerprint density at radius 2 is 1.88 bits per heavy atom. The molecule has 0 aliphatic heterocycles. The molecule has 0 aliphatic rings. The zero-order chi connectivity index (χ0) is 11.9. The van der Waals surface area contributed by atoms with Gasteiger partial charge in [-0.05, 0) is 19.9 Å². The van der Waals surface area contributed by atoms with Gasteiger partial charge in [0.1, 0.15) is 11.6 Å². The Labute approximate surface area is 92.4 Å². The van der Waals surface area contributed by atoms with Crippen molar-refractivity contribution in [2.75, 3.05) is 0 Å². The van der Waals surface area contributed by atoms with Gasteiger partial charge in [0.15, 0.2) is 0 Å². The van der Waals surface area contributed by atoms with E-state index in [1.807, 2.05) is 6.92 Å². The number of hydrogen-bond donors (Lipinski definition) is 3. The van der Waals surface area contributed by atoms with Gasteiger partial charge in [0, 0.05) is 10.8 Å². The van der Waals surface area contributed by atoms with Crippen LogP contribution in [-0.4, -0.2) is 21.1 Å². The fourth-order valence-electron chi connectivity index (χ4n) is 1.73. The van der Waals surface area contributed by atoms with Gasteiger partial charge < -0.3 is 10.8 Å². The summed E-state index contributed by atoms with van der Waals surface area (Å²) in [6, 6.07) is 3.41. The summed E-state index contributed by atoms with van der Waals surface area (Å²) in [5.74, 6) is -0.159. The third kappa shape index (κ3) is 1.37. The summed E-state index contributed by atoms with van der Waals surface area (Å²) in [5.41, 5.74) is 7.07. The van der Waals surface area contributed by atoms with Crippen LogP contribution >= 0.6 is 0 Å². The fraction of sp³-hybridized carbons (Fsp3) is 0.182. The first-order valence-corrected chi connectivity index (χ1v) is 4.82. The first-order valence-electron chi connectivity index (χ1n) is 4.82. The van der Waals surface area contributed by atoms with E-state index in [0.717, 1.165) is 11.1 Å². The molecule has 82 valence electrons. The van der Waals surface area contributed by atoms with Crippen LogP contribution in [0.3, 0.4) is 0 Å². The standard InChI is InChI=1S/C11H12N4O/c1-5-7-3-4-8(11(12)13)10(16)9(7)6(2)15-14-5/h3-4,16H,1-2H3,(H3,12,13). The summed E-state index contributed by atoms with van der Waals surface area (Å²) in [6.07, 6.45) is 0. The molecular weight excluding hydrogens is 204 g/mol. The number of phenolic OH excluding ortho intramolecular Hbond substituents is 1. The highest BCUT2D eigenvalue weighted by Crippen LogP contribution is 2.31. The van der Waals surface area contributed by atoms with Crippen molar-refractivity contribution in [2.24, 2.45) is 5.73 Å². The molecule has 2 rings (SSSR count). The summed E-state index contributed by atoms with van der Waals surface area (Å²) >= 11 is 0. The molecule has 0 bridgehead atoms. The van der Waals surface area contributed by atoms with Crippen LogP contribution in [-0.2, 0) is 0 Å².